The summed E-state index contributed by atoms with van der Waals surface area (Å²) in [6, 6.07) is -2.78. The minimum atomic E-state index is -0.841. The van der Waals surface area contributed by atoms with Gasteiger partial charge in [0.05, 0.1) is 12.1 Å². The Morgan fingerprint density at radius 3 is 1.21 bits per heavy atom. The number of Topliss-reactive ketones (excluding diaryl/α,β-unsaturated/α-hetero) is 1. The number of amides is 3. The van der Waals surface area contributed by atoms with Crippen molar-refractivity contribution in [1.82, 2.24) is 21.3 Å². The number of hydrogen-bond acceptors (Lipinski definition) is 5. The van der Waals surface area contributed by atoms with Crippen LogP contribution in [0.1, 0.15) is 76.7 Å². The maximum absolute atomic E-state index is 12.3. The molecule has 0 aliphatic rings. The molecule has 0 spiro atoms. The Hall–Kier alpha value is -1.96. The van der Waals surface area contributed by atoms with Crippen molar-refractivity contribution in [3.63, 3.8) is 0 Å². The third kappa shape index (κ3) is 11.0. The van der Waals surface area contributed by atoms with Gasteiger partial charge in [-0.1, -0.05) is 28.2 Å². The molecule has 0 aromatic rings. The predicted molar refractivity (Wildman–Crippen MR) is 116 cm³/mol. The Morgan fingerprint density at radius 1 is 0.586 bits per heavy atom. The zero-order chi connectivity index (χ0) is 22.4. The van der Waals surface area contributed by atoms with Crippen molar-refractivity contribution in [2.24, 2.45) is 5.41 Å². The van der Waals surface area contributed by atoms with Gasteiger partial charge >= 0.3 is 0 Å². The van der Waals surface area contributed by atoms with E-state index in [0.717, 1.165) is 0 Å². The Kier molecular flexibility index (Phi) is 11.4. The summed E-state index contributed by atoms with van der Waals surface area (Å²) in [5.41, 5.74) is -0.814. The second-order valence-corrected chi connectivity index (χ2v) is 9.42. The maximum Gasteiger partial charge on any atom is 0.242 e. The molecule has 170 valence electrons. The van der Waals surface area contributed by atoms with E-state index in [1.54, 1.807) is 41.5 Å². The number of hydrogen-bond donors (Lipinski definition) is 4. The number of rotatable bonds is 8. The van der Waals surface area contributed by atoms with E-state index in [9.17, 15) is 19.2 Å². The maximum atomic E-state index is 12.3. The summed E-state index contributed by atoms with van der Waals surface area (Å²) in [5.74, 6) is -1.34. The highest BCUT2D eigenvalue weighted by molar-refractivity contribution is 5.95. The first-order valence-electron chi connectivity index (χ1n) is 9.69. The first-order chi connectivity index (χ1) is 12.5. The van der Waals surface area contributed by atoms with E-state index in [0.29, 0.717) is 0 Å². The molecule has 4 atom stereocenters. The van der Waals surface area contributed by atoms with Crippen molar-refractivity contribution in [3.05, 3.63) is 0 Å². The molecule has 0 aromatic heterocycles. The van der Waals surface area contributed by atoms with Gasteiger partial charge in [-0.05, 0) is 48.5 Å². The van der Waals surface area contributed by atoms with Gasteiger partial charge in [0.2, 0.25) is 17.7 Å². The third-order valence-electron chi connectivity index (χ3n) is 4.04. The van der Waals surface area contributed by atoms with E-state index in [-0.39, 0.29) is 24.7 Å². The fraction of sp³-hybridized carbons (Fsp3) is 0.810. The molecule has 4 N–H and O–H groups in total. The highest BCUT2D eigenvalue weighted by Gasteiger charge is 2.29. The van der Waals surface area contributed by atoms with Gasteiger partial charge < -0.3 is 21.3 Å². The largest absolute Gasteiger partial charge is 0.345 e. The average molecular weight is 415 g/mol. The molecule has 0 radical (unpaired) electrons. The van der Waals surface area contributed by atoms with Crippen LogP contribution in [-0.2, 0) is 19.2 Å². The molecule has 8 heteroatoms. The van der Waals surface area contributed by atoms with E-state index in [2.05, 4.69) is 21.3 Å². The van der Waals surface area contributed by atoms with Gasteiger partial charge in [0.15, 0.2) is 5.78 Å². The highest BCUT2D eigenvalue weighted by Crippen LogP contribution is 2.16. The van der Waals surface area contributed by atoms with Crippen molar-refractivity contribution >= 4 is 23.5 Å². The molecule has 0 rings (SSSR count). The molecule has 0 aromatic carbocycles. The minimum absolute atomic E-state index is 0. The second kappa shape index (κ2) is 11.3. The van der Waals surface area contributed by atoms with Crippen LogP contribution in [0, 0.1) is 5.41 Å². The topological polar surface area (TPSA) is 116 Å². The van der Waals surface area contributed by atoms with Gasteiger partial charge in [-0.25, -0.2) is 0 Å². The fourth-order valence-corrected chi connectivity index (χ4v) is 2.58. The molecule has 0 fully saturated rings. The smallest absolute Gasteiger partial charge is 0.242 e. The van der Waals surface area contributed by atoms with Crippen LogP contribution in [0.3, 0.4) is 0 Å². The Bertz CT molecular complexity index is 590. The lowest BCUT2D eigenvalue weighted by atomic mass is 9.87. The monoisotopic (exact) mass is 414 g/mol. The SMILES string of the molecule is C.CC(NC(=O)C(C)NC(C)(C)C)C(=O)NC(C)C(=O)NC(C)C(=O)C(C)(C)C. The van der Waals surface area contributed by atoms with E-state index in [4.69, 9.17) is 0 Å². The molecule has 8 nitrogen and oxygen atoms in total. The van der Waals surface area contributed by atoms with Crippen LogP contribution < -0.4 is 21.3 Å². The van der Waals surface area contributed by atoms with Gasteiger partial charge in [0, 0.05) is 11.0 Å². The van der Waals surface area contributed by atoms with Gasteiger partial charge in [-0.15, -0.1) is 0 Å². The van der Waals surface area contributed by atoms with Gasteiger partial charge in [0.25, 0.3) is 0 Å². The summed E-state index contributed by atoms with van der Waals surface area (Å²) in [5, 5.41) is 10.9. The Labute approximate surface area is 176 Å². The molecule has 3 amide bonds. The van der Waals surface area contributed by atoms with Gasteiger partial charge in [-0.3, -0.25) is 19.2 Å². The molecule has 0 saturated carbocycles. The molecular formula is C21H42N4O4. The lowest BCUT2D eigenvalue weighted by Gasteiger charge is -2.27. The molecule has 0 saturated heterocycles. The van der Waals surface area contributed by atoms with E-state index < -0.39 is 41.4 Å². The first-order valence-corrected chi connectivity index (χ1v) is 9.69. The van der Waals surface area contributed by atoms with Crippen molar-refractivity contribution in [2.45, 2.75) is 106 Å². The molecular weight excluding hydrogens is 372 g/mol. The van der Waals surface area contributed by atoms with Crippen LogP contribution in [0.5, 0.6) is 0 Å². The molecule has 0 aliphatic carbocycles. The summed E-state index contributed by atoms with van der Waals surface area (Å²) in [7, 11) is 0. The van der Waals surface area contributed by atoms with Crippen molar-refractivity contribution in [1.29, 1.82) is 0 Å². The van der Waals surface area contributed by atoms with E-state index in [1.807, 2.05) is 20.8 Å². The van der Waals surface area contributed by atoms with Gasteiger partial charge in [-0.2, -0.15) is 0 Å². The van der Waals surface area contributed by atoms with E-state index >= 15 is 0 Å². The highest BCUT2D eigenvalue weighted by atomic mass is 16.2. The summed E-state index contributed by atoms with van der Waals surface area (Å²) in [6.45, 7) is 17.6. The Balaban J connectivity index is 0. The summed E-state index contributed by atoms with van der Waals surface area (Å²) in [6.07, 6.45) is 0. The number of carbonyl (C=O) groups excluding carboxylic acids is 4. The average Bonchev–Trinajstić information content (AvgIpc) is 2.50. The zero-order valence-electron chi connectivity index (χ0n) is 18.9. The van der Waals surface area contributed by atoms with Gasteiger partial charge in [0.1, 0.15) is 12.1 Å². The normalized spacial score (nSPS) is 15.8. The van der Waals surface area contributed by atoms with Crippen LogP contribution in [0.2, 0.25) is 0 Å². The minimum Gasteiger partial charge on any atom is -0.345 e. The first kappa shape index (κ1) is 29.2. The number of carbonyl (C=O) groups is 4. The lowest BCUT2D eigenvalue weighted by Crippen LogP contribution is -2.56. The van der Waals surface area contributed by atoms with Crippen LogP contribution in [0.15, 0.2) is 0 Å². The standard InChI is InChI=1S/C20H38N4O4.CH4/c1-11(15(25)19(5,6)7)21-16(26)12(2)22-17(27)13(3)23-18(28)14(4)24-20(8,9)10;/h11-14,24H,1-10H3,(H,21,26)(H,22,27)(H,23,28);1H4. The number of ketones is 1. The molecule has 0 heterocycles. The van der Waals surface area contributed by atoms with Crippen LogP contribution in [0.25, 0.3) is 0 Å². The number of nitrogens with one attached hydrogen (secondary N) is 4. The van der Waals surface area contributed by atoms with Crippen molar-refractivity contribution in [3.8, 4) is 0 Å². The third-order valence-corrected chi connectivity index (χ3v) is 4.04. The predicted octanol–water partition coefficient (Wildman–Crippen LogP) is 1.53. The van der Waals surface area contributed by atoms with Crippen LogP contribution in [0.4, 0.5) is 0 Å². The lowest BCUT2D eigenvalue weighted by molar-refractivity contribution is -0.134. The molecule has 29 heavy (non-hydrogen) atoms. The summed E-state index contributed by atoms with van der Waals surface area (Å²) >= 11 is 0. The van der Waals surface area contributed by atoms with Crippen molar-refractivity contribution < 1.29 is 19.2 Å². The van der Waals surface area contributed by atoms with E-state index in [1.165, 1.54) is 6.92 Å². The molecule has 4 unspecified atom stereocenters. The molecule has 0 aliphatic heterocycles. The summed E-state index contributed by atoms with van der Waals surface area (Å²) < 4.78 is 0. The zero-order valence-corrected chi connectivity index (χ0v) is 18.9. The second-order valence-electron chi connectivity index (χ2n) is 9.42. The quantitative estimate of drug-likeness (QED) is 0.481. The molecule has 0 bridgehead atoms. The van der Waals surface area contributed by atoms with Crippen LogP contribution in [-0.4, -0.2) is 53.2 Å². The van der Waals surface area contributed by atoms with Crippen LogP contribution >= 0.6 is 0 Å². The summed E-state index contributed by atoms with van der Waals surface area (Å²) in [4.78, 5) is 48.9. The fourth-order valence-electron chi connectivity index (χ4n) is 2.58. The Morgan fingerprint density at radius 2 is 0.897 bits per heavy atom. The van der Waals surface area contributed by atoms with Crippen molar-refractivity contribution in [2.75, 3.05) is 0 Å².